The third-order valence-electron chi connectivity index (χ3n) is 10.8. The van der Waals surface area contributed by atoms with Crippen LogP contribution >= 0.6 is 0 Å². The van der Waals surface area contributed by atoms with Crippen LogP contribution < -0.4 is 0 Å². The van der Waals surface area contributed by atoms with Crippen LogP contribution in [0.3, 0.4) is 0 Å². The number of aryl methyl sites for hydroxylation is 10. The first-order chi connectivity index (χ1) is 21.7. The first kappa shape index (κ1) is 33.0. The number of fused-ring (bicyclic) bond motifs is 2. The molecule has 0 aliphatic heterocycles. The van der Waals surface area contributed by atoms with Crippen molar-refractivity contribution in [1.82, 2.24) is 0 Å². The minimum atomic E-state index is 1.26. The van der Waals surface area contributed by atoms with Gasteiger partial charge in [-0.2, -0.15) is 0 Å². The SMILES string of the molecule is CCCCCCc1cc(CCCCCc2ccc3c(c2)CC3)c(CCCCCC)cc1CCCCCc1ccc2c(c1)CC2. The van der Waals surface area contributed by atoms with E-state index < -0.39 is 0 Å². The molecule has 0 N–H and O–H groups in total. The lowest BCUT2D eigenvalue weighted by molar-refractivity contribution is 0.643. The van der Waals surface area contributed by atoms with Crippen LogP contribution in [0.1, 0.15) is 159 Å². The highest BCUT2D eigenvalue weighted by Gasteiger charge is 2.14. The highest BCUT2D eigenvalue weighted by atomic mass is 14.2. The van der Waals surface area contributed by atoms with Crippen LogP contribution in [0.25, 0.3) is 0 Å². The van der Waals surface area contributed by atoms with Crippen LogP contribution in [-0.2, 0) is 64.2 Å². The molecule has 3 aromatic rings. The smallest absolute Gasteiger partial charge is 0.0235 e. The van der Waals surface area contributed by atoms with Gasteiger partial charge in [-0.15, -0.1) is 0 Å². The first-order valence-electron chi connectivity index (χ1n) is 19.1. The molecule has 3 aromatic carbocycles. The summed E-state index contributed by atoms with van der Waals surface area (Å²) in [6, 6.07) is 19.9. The molecule has 0 radical (unpaired) electrons. The highest BCUT2D eigenvalue weighted by molar-refractivity contribution is 5.41. The molecule has 0 aromatic heterocycles. The van der Waals surface area contributed by atoms with Gasteiger partial charge >= 0.3 is 0 Å². The second-order valence-electron chi connectivity index (χ2n) is 14.3. The molecular formula is C44H62. The van der Waals surface area contributed by atoms with Crippen molar-refractivity contribution in [2.75, 3.05) is 0 Å². The van der Waals surface area contributed by atoms with E-state index in [0.29, 0.717) is 0 Å². The number of unbranched alkanes of at least 4 members (excludes halogenated alkanes) is 10. The molecule has 0 saturated carbocycles. The molecule has 0 heteroatoms. The second-order valence-corrected chi connectivity index (χ2v) is 14.3. The fourth-order valence-electron chi connectivity index (χ4n) is 7.66. The molecule has 2 aliphatic carbocycles. The molecule has 0 unspecified atom stereocenters. The van der Waals surface area contributed by atoms with Crippen molar-refractivity contribution in [3.05, 3.63) is 104 Å². The lowest BCUT2D eigenvalue weighted by Gasteiger charge is -2.19. The maximum atomic E-state index is 2.70. The summed E-state index contributed by atoms with van der Waals surface area (Å²) in [5, 5.41) is 0. The van der Waals surface area contributed by atoms with Gasteiger partial charge in [0.1, 0.15) is 0 Å². The van der Waals surface area contributed by atoms with Gasteiger partial charge in [0.05, 0.1) is 0 Å². The summed E-state index contributed by atoms with van der Waals surface area (Å²) >= 11 is 0. The van der Waals surface area contributed by atoms with Crippen molar-refractivity contribution in [1.29, 1.82) is 0 Å². The van der Waals surface area contributed by atoms with Gasteiger partial charge in [-0.1, -0.05) is 114 Å². The predicted octanol–water partition coefficient (Wildman–Crippen LogP) is 12.0. The van der Waals surface area contributed by atoms with Gasteiger partial charge in [0.2, 0.25) is 0 Å². The van der Waals surface area contributed by atoms with Gasteiger partial charge in [-0.3, -0.25) is 0 Å². The topological polar surface area (TPSA) is 0 Å². The zero-order chi connectivity index (χ0) is 30.4. The Labute approximate surface area is 271 Å². The van der Waals surface area contributed by atoms with E-state index in [9.17, 15) is 0 Å². The molecule has 5 rings (SSSR count). The Bertz CT molecular complexity index is 1190. The summed E-state index contributed by atoms with van der Waals surface area (Å²) in [6.07, 6.45) is 31.7. The summed E-state index contributed by atoms with van der Waals surface area (Å²) < 4.78 is 0. The first-order valence-corrected chi connectivity index (χ1v) is 19.1. The highest BCUT2D eigenvalue weighted by Crippen LogP contribution is 2.28. The van der Waals surface area contributed by atoms with Crippen LogP contribution in [0.4, 0.5) is 0 Å². The molecule has 238 valence electrons. The summed E-state index contributed by atoms with van der Waals surface area (Å²) in [6.45, 7) is 4.67. The van der Waals surface area contributed by atoms with Crippen molar-refractivity contribution in [2.45, 2.75) is 168 Å². The van der Waals surface area contributed by atoms with Crippen LogP contribution in [0.5, 0.6) is 0 Å². The third kappa shape index (κ3) is 9.83. The van der Waals surface area contributed by atoms with Gasteiger partial charge in [0, 0.05) is 0 Å². The van der Waals surface area contributed by atoms with E-state index in [2.05, 4.69) is 62.4 Å². The summed E-state index contributed by atoms with van der Waals surface area (Å²) in [7, 11) is 0. The Kier molecular flexibility index (Phi) is 13.5. The third-order valence-corrected chi connectivity index (χ3v) is 10.8. The number of hydrogen-bond donors (Lipinski definition) is 0. The molecule has 0 bridgehead atoms. The largest absolute Gasteiger partial charge is 0.0654 e. The number of rotatable bonds is 22. The lowest BCUT2D eigenvalue weighted by atomic mass is 9.86. The van der Waals surface area contributed by atoms with E-state index in [1.165, 1.54) is 154 Å². The van der Waals surface area contributed by atoms with Crippen molar-refractivity contribution in [2.24, 2.45) is 0 Å². The number of hydrogen-bond acceptors (Lipinski definition) is 0. The van der Waals surface area contributed by atoms with Crippen LogP contribution in [0.15, 0.2) is 48.5 Å². The maximum absolute atomic E-state index is 2.70. The average molecular weight is 591 g/mol. The molecule has 2 aliphatic rings. The molecule has 0 spiro atoms. The Hall–Kier alpha value is -2.34. The Morgan fingerprint density at radius 3 is 1.00 bits per heavy atom. The molecule has 0 atom stereocenters. The van der Waals surface area contributed by atoms with E-state index >= 15 is 0 Å². The minimum Gasteiger partial charge on any atom is -0.0654 e. The van der Waals surface area contributed by atoms with Crippen LogP contribution in [-0.4, -0.2) is 0 Å². The summed E-state index contributed by atoms with van der Waals surface area (Å²) in [5.74, 6) is 0. The monoisotopic (exact) mass is 590 g/mol. The van der Waals surface area contributed by atoms with Gasteiger partial charge in [0.15, 0.2) is 0 Å². The Balaban J connectivity index is 1.17. The Morgan fingerprint density at radius 2 is 0.682 bits per heavy atom. The van der Waals surface area contributed by atoms with Crippen molar-refractivity contribution in [3.8, 4) is 0 Å². The van der Waals surface area contributed by atoms with E-state index in [1.807, 2.05) is 0 Å². The zero-order valence-electron chi connectivity index (χ0n) is 28.6. The van der Waals surface area contributed by atoms with Gasteiger partial charge in [-0.25, -0.2) is 0 Å². The molecular weight excluding hydrogens is 528 g/mol. The standard InChI is InChI=1S/C44H62/c1-3-5-7-13-19-39-33-42(22-16-10-12-18-36-24-26-38-28-30-44(38)32-36)40(20-14-8-6-4-2)34-41(39)21-15-9-11-17-35-23-25-37-27-29-43(37)31-35/h23-26,31-34H,3-22,27-30H2,1-2H3. The summed E-state index contributed by atoms with van der Waals surface area (Å²) in [5.41, 5.74) is 16.3. The normalized spacial score (nSPS) is 13.3. The second kappa shape index (κ2) is 18.0. The molecule has 0 amide bonds. The van der Waals surface area contributed by atoms with E-state index in [4.69, 9.17) is 0 Å². The quantitative estimate of drug-likeness (QED) is 0.102. The van der Waals surface area contributed by atoms with Gasteiger partial charge < -0.3 is 0 Å². The Morgan fingerprint density at radius 1 is 0.341 bits per heavy atom. The van der Waals surface area contributed by atoms with E-state index in [-0.39, 0.29) is 0 Å². The lowest BCUT2D eigenvalue weighted by Crippen LogP contribution is -2.08. The molecule has 44 heavy (non-hydrogen) atoms. The van der Waals surface area contributed by atoms with Crippen LogP contribution in [0.2, 0.25) is 0 Å². The number of benzene rings is 3. The molecule has 0 fully saturated rings. The fourth-order valence-corrected chi connectivity index (χ4v) is 7.66. The maximum Gasteiger partial charge on any atom is -0.0235 e. The molecule has 0 saturated heterocycles. The van der Waals surface area contributed by atoms with Crippen molar-refractivity contribution >= 4 is 0 Å². The van der Waals surface area contributed by atoms with E-state index in [1.54, 1.807) is 55.6 Å². The predicted molar refractivity (Wildman–Crippen MR) is 192 cm³/mol. The van der Waals surface area contributed by atoms with Crippen molar-refractivity contribution in [3.63, 3.8) is 0 Å². The average Bonchev–Trinajstić information content (AvgIpc) is 3.00. The summed E-state index contributed by atoms with van der Waals surface area (Å²) in [4.78, 5) is 0. The molecule has 0 heterocycles. The van der Waals surface area contributed by atoms with Crippen molar-refractivity contribution < 1.29 is 0 Å². The van der Waals surface area contributed by atoms with Gasteiger partial charge in [0.25, 0.3) is 0 Å². The zero-order valence-corrected chi connectivity index (χ0v) is 28.6. The fraction of sp³-hybridized carbons (Fsp3) is 0.591. The van der Waals surface area contributed by atoms with E-state index in [0.717, 1.165) is 0 Å². The minimum absolute atomic E-state index is 1.26. The van der Waals surface area contributed by atoms with Gasteiger partial charge in [-0.05, 0) is 158 Å². The van der Waals surface area contributed by atoms with Crippen LogP contribution in [0, 0.1) is 0 Å². The molecule has 0 nitrogen and oxygen atoms in total.